The second-order valence-corrected chi connectivity index (χ2v) is 7.35. The molecule has 0 fully saturated rings. The van der Waals surface area contributed by atoms with Crippen LogP contribution in [0.4, 0.5) is 0 Å². The molecule has 31 heavy (non-hydrogen) atoms. The maximum absolute atomic E-state index is 4.76. The van der Waals surface area contributed by atoms with Gasteiger partial charge in [0, 0.05) is 42.5 Å². The van der Waals surface area contributed by atoms with Gasteiger partial charge < -0.3 is 4.57 Å². The Bertz CT molecular complexity index is 1270. The molecule has 0 aliphatic carbocycles. The lowest BCUT2D eigenvalue weighted by Crippen LogP contribution is -1.96. The third-order valence-corrected chi connectivity index (χ3v) is 5.52. The van der Waals surface area contributed by atoms with Crippen LogP contribution in [0.25, 0.3) is 44.8 Å². The lowest BCUT2D eigenvalue weighted by Gasteiger charge is -2.10. The fourth-order valence-electron chi connectivity index (χ4n) is 3.87. The van der Waals surface area contributed by atoms with E-state index in [-0.39, 0.29) is 0 Å². The monoisotopic (exact) mass is 402 g/mol. The average Bonchev–Trinajstić information content (AvgIpc) is 3.29. The van der Waals surface area contributed by atoms with Crippen molar-refractivity contribution in [3.8, 4) is 44.8 Å². The van der Waals surface area contributed by atoms with Gasteiger partial charge in [0.25, 0.3) is 0 Å². The normalized spacial score (nSPS) is 10.9. The molecule has 150 valence electrons. The van der Waals surface area contributed by atoms with Crippen molar-refractivity contribution in [3.05, 3.63) is 104 Å². The second-order valence-electron chi connectivity index (χ2n) is 7.35. The van der Waals surface area contributed by atoms with Crippen molar-refractivity contribution in [1.82, 2.24) is 19.5 Å². The van der Waals surface area contributed by atoms with Crippen LogP contribution in [0, 0.1) is 0 Å². The summed E-state index contributed by atoms with van der Waals surface area (Å²) in [4.78, 5) is 13.0. The van der Waals surface area contributed by atoms with Gasteiger partial charge in [0.05, 0.1) is 17.7 Å². The molecule has 5 aromatic rings. The first-order valence-corrected chi connectivity index (χ1v) is 10.4. The Hall–Kier alpha value is -4.05. The number of pyridine rings is 2. The number of rotatable bonds is 5. The summed E-state index contributed by atoms with van der Waals surface area (Å²) in [6.45, 7) is 3.01. The maximum Gasteiger partial charge on any atom is 0.0963 e. The average molecular weight is 403 g/mol. The van der Waals surface area contributed by atoms with Gasteiger partial charge >= 0.3 is 0 Å². The van der Waals surface area contributed by atoms with Crippen LogP contribution in [0.3, 0.4) is 0 Å². The zero-order valence-corrected chi connectivity index (χ0v) is 17.3. The van der Waals surface area contributed by atoms with E-state index < -0.39 is 0 Å². The summed E-state index contributed by atoms with van der Waals surface area (Å²) < 4.78 is 2.20. The minimum absolute atomic E-state index is 0.865. The summed E-state index contributed by atoms with van der Waals surface area (Å²) in [6.07, 6.45) is 9.21. The first-order valence-electron chi connectivity index (χ1n) is 10.4. The molecule has 0 N–H and O–H groups in total. The van der Waals surface area contributed by atoms with E-state index in [2.05, 4.69) is 70.0 Å². The molecule has 0 unspecified atom stereocenters. The molecule has 3 aromatic heterocycles. The molecule has 0 aliphatic rings. The Labute approximate surface area is 181 Å². The zero-order valence-electron chi connectivity index (χ0n) is 17.3. The first-order chi connectivity index (χ1) is 15.3. The van der Waals surface area contributed by atoms with E-state index in [1.807, 2.05) is 55.4 Å². The fraction of sp³-hybridized carbons (Fsp3) is 0.0741. The summed E-state index contributed by atoms with van der Waals surface area (Å²) in [5.74, 6) is 0. The van der Waals surface area contributed by atoms with Crippen molar-refractivity contribution in [1.29, 1.82) is 0 Å². The third kappa shape index (κ3) is 3.76. The van der Waals surface area contributed by atoms with E-state index in [0.29, 0.717) is 0 Å². The molecule has 0 atom stereocenters. The number of nitrogens with zero attached hydrogens (tertiary/aromatic N) is 4. The van der Waals surface area contributed by atoms with Gasteiger partial charge in [-0.25, -0.2) is 4.98 Å². The van der Waals surface area contributed by atoms with Gasteiger partial charge in [-0.15, -0.1) is 0 Å². The molecule has 4 heteroatoms. The molecular formula is C27H22N4. The topological polar surface area (TPSA) is 43.6 Å². The van der Waals surface area contributed by atoms with Crippen molar-refractivity contribution in [3.63, 3.8) is 0 Å². The lowest BCUT2D eigenvalue weighted by atomic mass is 9.99. The Morgan fingerprint density at radius 2 is 0.968 bits per heavy atom. The van der Waals surface area contributed by atoms with E-state index in [9.17, 15) is 0 Å². The van der Waals surface area contributed by atoms with Crippen LogP contribution in [0.1, 0.15) is 6.92 Å². The molecule has 0 spiro atoms. The number of aryl methyl sites for hydroxylation is 1. The molecule has 0 aliphatic heterocycles. The lowest BCUT2D eigenvalue weighted by molar-refractivity contribution is 0.769. The van der Waals surface area contributed by atoms with Crippen LogP contribution in [0.5, 0.6) is 0 Å². The standard InChI is InChI=1S/C27H22N4/c1-2-31-19-30-26(24-7-3-20(4-8-24)22-11-15-28-16-12-22)27(31)25-9-5-21(6-10-25)23-13-17-29-18-14-23/h3-19H,2H2,1H3. The molecule has 0 saturated heterocycles. The smallest absolute Gasteiger partial charge is 0.0963 e. The van der Waals surface area contributed by atoms with Crippen LogP contribution < -0.4 is 0 Å². The molecule has 5 rings (SSSR count). The van der Waals surface area contributed by atoms with E-state index in [1.165, 1.54) is 11.1 Å². The number of aromatic nitrogens is 4. The highest BCUT2D eigenvalue weighted by molar-refractivity contribution is 5.81. The fourth-order valence-corrected chi connectivity index (χ4v) is 3.87. The zero-order chi connectivity index (χ0) is 21.0. The highest BCUT2D eigenvalue weighted by atomic mass is 15.1. The minimum atomic E-state index is 0.865. The molecule has 4 nitrogen and oxygen atoms in total. The quantitative estimate of drug-likeness (QED) is 0.343. The van der Waals surface area contributed by atoms with Gasteiger partial charge in [0.1, 0.15) is 0 Å². The van der Waals surface area contributed by atoms with Crippen molar-refractivity contribution >= 4 is 0 Å². The van der Waals surface area contributed by atoms with Crippen LogP contribution in [0.15, 0.2) is 104 Å². The van der Waals surface area contributed by atoms with E-state index in [1.54, 1.807) is 0 Å². The van der Waals surface area contributed by atoms with Gasteiger partial charge in [-0.1, -0.05) is 48.5 Å². The molecule has 2 aromatic carbocycles. The summed E-state index contributed by atoms with van der Waals surface area (Å²) >= 11 is 0. The number of imidazole rings is 1. The molecule has 0 amide bonds. The Balaban J connectivity index is 1.52. The van der Waals surface area contributed by atoms with Gasteiger partial charge in [-0.2, -0.15) is 0 Å². The van der Waals surface area contributed by atoms with Crippen LogP contribution >= 0.6 is 0 Å². The minimum Gasteiger partial charge on any atom is -0.330 e. The maximum atomic E-state index is 4.76. The summed E-state index contributed by atoms with van der Waals surface area (Å²) in [7, 11) is 0. The highest BCUT2D eigenvalue weighted by Gasteiger charge is 2.15. The molecule has 0 radical (unpaired) electrons. The van der Waals surface area contributed by atoms with Crippen LogP contribution in [0.2, 0.25) is 0 Å². The molecule has 0 bridgehead atoms. The number of hydrogen-bond donors (Lipinski definition) is 0. The largest absolute Gasteiger partial charge is 0.330 e. The third-order valence-electron chi connectivity index (χ3n) is 5.52. The predicted octanol–water partition coefficient (Wildman–Crippen LogP) is 6.36. The van der Waals surface area contributed by atoms with E-state index in [4.69, 9.17) is 4.98 Å². The van der Waals surface area contributed by atoms with Crippen LogP contribution in [-0.2, 0) is 6.54 Å². The van der Waals surface area contributed by atoms with Gasteiger partial charge in [-0.05, 0) is 53.4 Å². The predicted molar refractivity (Wildman–Crippen MR) is 125 cm³/mol. The van der Waals surface area contributed by atoms with Crippen molar-refractivity contribution in [2.45, 2.75) is 13.5 Å². The molecular weight excluding hydrogens is 380 g/mol. The van der Waals surface area contributed by atoms with Gasteiger partial charge in [0.15, 0.2) is 0 Å². The first kappa shape index (κ1) is 18.9. The summed E-state index contributed by atoms with van der Waals surface area (Å²) in [5, 5.41) is 0. The van der Waals surface area contributed by atoms with Crippen molar-refractivity contribution in [2.75, 3.05) is 0 Å². The summed E-state index contributed by atoms with van der Waals surface area (Å²) in [6, 6.07) is 25.4. The number of benzene rings is 2. The van der Waals surface area contributed by atoms with Crippen molar-refractivity contribution in [2.24, 2.45) is 0 Å². The SMILES string of the molecule is CCn1cnc(-c2ccc(-c3ccncc3)cc2)c1-c1ccc(-c2ccncc2)cc1. The van der Waals surface area contributed by atoms with Gasteiger partial charge in [0.2, 0.25) is 0 Å². The van der Waals surface area contributed by atoms with Crippen molar-refractivity contribution < 1.29 is 0 Å². The van der Waals surface area contributed by atoms with Crippen LogP contribution in [-0.4, -0.2) is 19.5 Å². The Morgan fingerprint density at radius 3 is 1.45 bits per heavy atom. The number of hydrogen-bond acceptors (Lipinski definition) is 3. The molecule has 3 heterocycles. The Morgan fingerprint density at radius 1 is 0.548 bits per heavy atom. The Kier molecular flexibility index (Phi) is 5.11. The van der Waals surface area contributed by atoms with E-state index in [0.717, 1.165) is 40.2 Å². The highest BCUT2D eigenvalue weighted by Crippen LogP contribution is 2.33. The summed E-state index contributed by atoms with van der Waals surface area (Å²) in [5.41, 5.74) is 9.08. The van der Waals surface area contributed by atoms with Gasteiger partial charge in [-0.3, -0.25) is 9.97 Å². The van der Waals surface area contributed by atoms with E-state index >= 15 is 0 Å². The molecule has 0 saturated carbocycles. The second kappa shape index (κ2) is 8.36.